The number of hydrogen-bond acceptors (Lipinski definition) is 3. The van der Waals surface area contributed by atoms with E-state index >= 15 is 0 Å². The molecule has 3 nitrogen and oxygen atoms in total. The Balaban J connectivity index is 2.34. The van der Waals surface area contributed by atoms with Gasteiger partial charge in [0, 0.05) is 0 Å². The average molecular weight is 256 g/mol. The number of ether oxygens (including phenoxy) is 2. The summed E-state index contributed by atoms with van der Waals surface area (Å²) in [4.78, 5) is 11.3. The maximum absolute atomic E-state index is 11.3. The van der Waals surface area contributed by atoms with Gasteiger partial charge in [-0.15, -0.1) is 0 Å². The van der Waals surface area contributed by atoms with Crippen LogP contribution in [0.25, 0.3) is 0 Å². The summed E-state index contributed by atoms with van der Waals surface area (Å²) in [5.74, 6) is 1.89. The molecular weight excluding hydrogens is 228 g/mol. The molecule has 1 rings (SSSR count). The molecule has 18 heavy (non-hydrogen) atoms. The van der Waals surface area contributed by atoms with Gasteiger partial charge in [0.05, 0.1) is 25.7 Å². The van der Waals surface area contributed by atoms with Gasteiger partial charge in [0.1, 0.15) is 0 Å². The molecule has 0 aromatic heterocycles. The normalized spacial score (nSPS) is 28.4. The van der Waals surface area contributed by atoms with Crippen LogP contribution in [0.1, 0.15) is 53.4 Å². The van der Waals surface area contributed by atoms with Gasteiger partial charge in [0.15, 0.2) is 0 Å². The molecule has 0 saturated heterocycles. The van der Waals surface area contributed by atoms with E-state index in [0.717, 1.165) is 12.3 Å². The molecule has 0 spiro atoms. The molecule has 1 fully saturated rings. The highest BCUT2D eigenvalue weighted by Gasteiger charge is 2.31. The molecule has 3 heteroatoms. The molecule has 0 aromatic carbocycles. The zero-order valence-corrected chi connectivity index (χ0v) is 12.3. The van der Waals surface area contributed by atoms with E-state index in [4.69, 9.17) is 9.47 Å². The summed E-state index contributed by atoms with van der Waals surface area (Å²) in [6.07, 6.45) is 4.39. The van der Waals surface area contributed by atoms with Crippen LogP contribution < -0.4 is 0 Å². The predicted molar refractivity (Wildman–Crippen MR) is 72.3 cm³/mol. The number of carbonyl (C=O) groups excluding carboxylic acids is 1. The highest BCUT2D eigenvalue weighted by Crippen LogP contribution is 2.35. The smallest absolute Gasteiger partial charge is 0.308 e. The van der Waals surface area contributed by atoms with Gasteiger partial charge in [-0.2, -0.15) is 0 Å². The molecule has 0 aliphatic heterocycles. The van der Waals surface area contributed by atoms with Gasteiger partial charge >= 0.3 is 5.97 Å². The van der Waals surface area contributed by atoms with E-state index in [9.17, 15) is 4.79 Å². The Morgan fingerprint density at radius 3 is 2.67 bits per heavy atom. The van der Waals surface area contributed by atoms with Gasteiger partial charge in [-0.1, -0.05) is 27.2 Å². The van der Waals surface area contributed by atoms with E-state index in [1.807, 2.05) is 6.92 Å². The minimum atomic E-state index is -0.151. The number of esters is 1. The first-order chi connectivity index (χ1) is 8.54. The van der Waals surface area contributed by atoms with Crippen LogP contribution in [0.4, 0.5) is 0 Å². The molecule has 3 unspecified atom stereocenters. The Hall–Kier alpha value is -0.570. The molecule has 0 bridgehead atoms. The quantitative estimate of drug-likeness (QED) is 0.683. The van der Waals surface area contributed by atoms with Crippen LogP contribution in [0.15, 0.2) is 0 Å². The second-order valence-corrected chi connectivity index (χ2v) is 5.79. The lowest BCUT2D eigenvalue weighted by Crippen LogP contribution is -2.34. The standard InChI is InChI=1S/C15H28O3/c1-5-17-15(16)8-9-18-14-10-12(4)6-7-13(14)11(2)3/h11-14H,5-10H2,1-4H3. The Morgan fingerprint density at radius 2 is 2.06 bits per heavy atom. The van der Waals surface area contributed by atoms with E-state index in [1.165, 1.54) is 12.8 Å². The van der Waals surface area contributed by atoms with Crippen molar-refractivity contribution in [3.8, 4) is 0 Å². The van der Waals surface area contributed by atoms with Crippen molar-refractivity contribution in [1.29, 1.82) is 0 Å². The van der Waals surface area contributed by atoms with Crippen molar-refractivity contribution >= 4 is 5.97 Å². The first-order valence-corrected chi connectivity index (χ1v) is 7.31. The molecular formula is C15H28O3. The second-order valence-electron chi connectivity index (χ2n) is 5.79. The minimum Gasteiger partial charge on any atom is -0.466 e. The summed E-state index contributed by atoms with van der Waals surface area (Å²) >= 11 is 0. The lowest BCUT2D eigenvalue weighted by molar-refractivity contribution is -0.145. The van der Waals surface area contributed by atoms with Crippen LogP contribution in [-0.2, 0) is 14.3 Å². The van der Waals surface area contributed by atoms with Gasteiger partial charge in [-0.05, 0) is 37.5 Å². The van der Waals surface area contributed by atoms with E-state index < -0.39 is 0 Å². The molecule has 1 aliphatic rings. The lowest BCUT2D eigenvalue weighted by atomic mass is 9.75. The van der Waals surface area contributed by atoms with E-state index in [0.29, 0.717) is 37.6 Å². The highest BCUT2D eigenvalue weighted by molar-refractivity contribution is 5.69. The van der Waals surface area contributed by atoms with Crippen molar-refractivity contribution in [2.75, 3.05) is 13.2 Å². The number of carbonyl (C=O) groups is 1. The maximum Gasteiger partial charge on any atom is 0.308 e. The summed E-state index contributed by atoms with van der Waals surface area (Å²) < 4.78 is 10.9. The fraction of sp³-hybridized carbons (Fsp3) is 0.933. The fourth-order valence-corrected chi connectivity index (χ4v) is 2.83. The lowest BCUT2D eigenvalue weighted by Gasteiger charge is -2.37. The zero-order chi connectivity index (χ0) is 13.5. The molecule has 0 radical (unpaired) electrons. The van der Waals surface area contributed by atoms with Crippen LogP contribution in [0.2, 0.25) is 0 Å². The van der Waals surface area contributed by atoms with Crippen LogP contribution in [0.3, 0.4) is 0 Å². The van der Waals surface area contributed by atoms with Gasteiger partial charge in [0.25, 0.3) is 0 Å². The summed E-state index contributed by atoms with van der Waals surface area (Å²) in [7, 11) is 0. The summed E-state index contributed by atoms with van der Waals surface area (Å²) in [6, 6.07) is 0. The van der Waals surface area contributed by atoms with Crippen molar-refractivity contribution in [2.45, 2.75) is 59.5 Å². The van der Waals surface area contributed by atoms with Crippen LogP contribution in [0, 0.1) is 17.8 Å². The minimum absolute atomic E-state index is 0.151. The molecule has 1 saturated carbocycles. The van der Waals surface area contributed by atoms with Gasteiger partial charge in [0.2, 0.25) is 0 Å². The van der Waals surface area contributed by atoms with Crippen molar-refractivity contribution < 1.29 is 14.3 Å². The summed E-state index contributed by atoms with van der Waals surface area (Å²) in [5.41, 5.74) is 0. The highest BCUT2D eigenvalue weighted by atomic mass is 16.5. The molecule has 0 N–H and O–H groups in total. The first kappa shape index (κ1) is 15.5. The van der Waals surface area contributed by atoms with Crippen LogP contribution in [0.5, 0.6) is 0 Å². The van der Waals surface area contributed by atoms with E-state index in [-0.39, 0.29) is 5.97 Å². The van der Waals surface area contributed by atoms with Crippen molar-refractivity contribution in [2.24, 2.45) is 17.8 Å². The topological polar surface area (TPSA) is 35.5 Å². The largest absolute Gasteiger partial charge is 0.466 e. The van der Waals surface area contributed by atoms with Crippen molar-refractivity contribution in [3.05, 3.63) is 0 Å². The Kier molecular flexibility index (Phi) is 6.69. The molecule has 0 amide bonds. The zero-order valence-electron chi connectivity index (χ0n) is 12.3. The molecule has 0 aromatic rings. The maximum atomic E-state index is 11.3. The van der Waals surface area contributed by atoms with E-state index in [2.05, 4.69) is 20.8 Å². The fourth-order valence-electron chi connectivity index (χ4n) is 2.83. The van der Waals surface area contributed by atoms with E-state index in [1.54, 1.807) is 0 Å². The average Bonchev–Trinajstić information content (AvgIpc) is 2.29. The summed E-state index contributed by atoms with van der Waals surface area (Å²) in [5, 5.41) is 0. The van der Waals surface area contributed by atoms with Crippen molar-refractivity contribution in [3.63, 3.8) is 0 Å². The summed E-state index contributed by atoms with van der Waals surface area (Å²) in [6.45, 7) is 9.60. The van der Waals surface area contributed by atoms with Crippen molar-refractivity contribution in [1.82, 2.24) is 0 Å². The third kappa shape index (κ3) is 4.97. The third-order valence-corrected chi connectivity index (χ3v) is 3.90. The van der Waals surface area contributed by atoms with Crippen LogP contribution >= 0.6 is 0 Å². The predicted octanol–water partition coefficient (Wildman–Crippen LogP) is 3.42. The third-order valence-electron chi connectivity index (χ3n) is 3.90. The second kappa shape index (κ2) is 7.78. The monoisotopic (exact) mass is 256 g/mol. The Morgan fingerprint density at radius 1 is 1.33 bits per heavy atom. The molecule has 0 heterocycles. The first-order valence-electron chi connectivity index (χ1n) is 7.31. The number of rotatable bonds is 6. The number of hydrogen-bond donors (Lipinski definition) is 0. The van der Waals surface area contributed by atoms with Gasteiger partial charge in [-0.25, -0.2) is 0 Å². The molecule has 106 valence electrons. The molecule has 3 atom stereocenters. The molecule has 1 aliphatic carbocycles. The Labute approximate surface area is 111 Å². The SMILES string of the molecule is CCOC(=O)CCOC1CC(C)CCC1C(C)C. The van der Waals surface area contributed by atoms with Gasteiger partial charge < -0.3 is 9.47 Å². The van der Waals surface area contributed by atoms with Crippen LogP contribution in [-0.4, -0.2) is 25.3 Å². The Bertz CT molecular complexity index is 250. The van der Waals surface area contributed by atoms with Gasteiger partial charge in [-0.3, -0.25) is 4.79 Å².